The Bertz CT molecular complexity index is 858. The molecule has 24 heavy (non-hydrogen) atoms. The maximum Gasteiger partial charge on any atom is 0.330 e. The van der Waals surface area contributed by atoms with Gasteiger partial charge >= 0.3 is 5.69 Å². The molecule has 1 aliphatic rings. The number of H-pyrrole nitrogens is 1. The van der Waals surface area contributed by atoms with Gasteiger partial charge in [-0.15, -0.1) is 0 Å². The third-order valence-electron chi connectivity index (χ3n) is 3.86. The summed E-state index contributed by atoms with van der Waals surface area (Å²) in [6.07, 6.45) is -1.20. The summed E-state index contributed by atoms with van der Waals surface area (Å²) in [5, 5.41) is 12.7. The summed E-state index contributed by atoms with van der Waals surface area (Å²) >= 11 is 0. The molecule has 3 N–H and O–H groups in total. The number of aliphatic hydroxyl groups excluding tert-OH is 1. The van der Waals surface area contributed by atoms with Crippen LogP contribution in [0, 0.1) is 6.92 Å². The first-order valence-electron chi connectivity index (χ1n) is 7.47. The van der Waals surface area contributed by atoms with E-state index in [1.807, 2.05) is 0 Å². The van der Waals surface area contributed by atoms with E-state index in [1.165, 1.54) is 10.8 Å². The lowest BCUT2D eigenvalue weighted by molar-refractivity contribution is -0.0340. The molecule has 0 bridgehead atoms. The fourth-order valence-electron chi connectivity index (χ4n) is 2.56. The number of aromatic nitrogens is 2. The molecule has 1 aliphatic heterocycles. The van der Waals surface area contributed by atoms with Crippen molar-refractivity contribution in [2.24, 2.45) is 0 Å². The molecule has 0 saturated carbocycles. The highest BCUT2D eigenvalue weighted by atomic mass is 16.5. The number of rotatable bonds is 3. The van der Waals surface area contributed by atoms with Gasteiger partial charge in [0.1, 0.15) is 12.3 Å². The molecule has 1 aromatic carbocycles. The molecule has 0 unspecified atom stereocenters. The minimum atomic E-state index is -0.971. The summed E-state index contributed by atoms with van der Waals surface area (Å²) in [4.78, 5) is 37.6. The van der Waals surface area contributed by atoms with E-state index in [1.54, 1.807) is 37.3 Å². The van der Waals surface area contributed by atoms with Crippen LogP contribution in [-0.2, 0) is 4.74 Å². The molecular formula is C16H17N3O5. The number of nitrogens with one attached hydrogen (secondary N) is 2. The largest absolute Gasteiger partial charge is 0.388 e. The van der Waals surface area contributed by atoms with E-state index in [0.29, 0.717) is 11.1 Å². The van der Waals surface area contributed by atoms with Crippen molar-refractivity contribution in [1.82, 2.24) is 14.9 Å². The van der Waals surface area contributed by atoms with Crippen LogP contribution >= 0.6 is 0 Å². The Hall–Kier alpha value is -2.71. The zero-order chi connectivity index (χ0) is 17.3. The van der Waals surface area contributed by atoms with Crippen LogP contribution in [0.3, 0.4) is 0 Å². The molecule has 126 valence electrons. The maximum atomic E-state index is 12.1. The first-order valence-corrected chi connectivity index (χ1v) is 7.47. The van der Waals surface area contributed by atoms with Gasteiger partial charge in [-0.1, -0.05) is 18.2 Å². The number of nitrogens with zero attached hydrogens (tertiary/aromatic N) is 1. The van der Waals surface area contributed by atoms with Crippen molar-refractivity contribution in [3.05, 3.63) is 68.5 Å². The van der Waals surface area contributed by atoms with Gasteiger partial charge in [0, 0.05) is 23.7 Å². The minimum Gasteiger partial charge on any atom is -0.388 e. The fraction of sp³-hybridized carbons (Fsp3) is 0.312. The van der Waals surface area contributed by atoms with E-state index in [2.05, 4.69) is 10.3 Å². The van der Waals surface area contributed by atoms with E-state index in [-0.39, 0.29) is 12.3 Å². The molecule has 2 aromatic rings. The van der Waals surface area contributed by atoms with Crippen molar-refractivity contribution in [2.45, 2.75) is 31.9 Å². The van der Waals surface area contributed by atoms with Crippen LogP contribution in [0.25, 0.3) is 0 Å². The summed E-state index contributed by atoms with van der Waals surface area (Å²) in [7, 11) is 0. The quantitative estimate of drug-likeness (QED) is 0.726. The molecule has 0 radical (unpaired) electrons. The van der Waals surface area contributed by atoms with Gasteiger partial charge in [-0.2, -0.15) is 0 Å². The number of benzene rings is 1. The predicted octanol–water partition coefficient (Wildman–Crippen LogP) is -0.119. The van der Waals surface area contributed by atoms with Crippen LogP contribution in [0.15, 0.2) is 46.1 Å². The molecule has 1 aromatic heterocycles. The Morgan fingerprint density at radius 2 is 2.04 bits per heavy atom. The van der Waals surface area contributed by atoms with Crippen LogP contribution in [0.4, 0.5) is 0 Å². The maximum absolute atomic E-state index is 12.1. The lowest BCUT2D eigenvalue weighted by Gasteiger charge is -2.17. The molecule has 3 rings (SSSR count). The Morgan fingerprint density at radius 3 is 2.75 bits per heavy atom. The molecule has 8 nitrogen and oxygen atoms in total. The number of ether oxygens (including phenoxy) is 1. The Labute approximate surface area is 136 Å². The van der Waals surface area contributed by atoms with E-state index in [4.69, 9.17) is 4.74 Å². The average Bonchev–Trinajstić information content (AvgIpc) is 2.92. The van der Waals surface area contributed by atoms with Crippen molar-refractivity contribution in [2.75, 3.05) is 0 Å². The van der Waals surface area contributed by atoms with Gasteiger partial charge in [-0.05, 0) is 19.1 Å². The van der Waals surface area contributed by atoms with Crippen molar-refractivity contribution < 1.29 is 14.6 Å². The number of hydrogen-bond acceptors (Lipinski definition) is 5. The number of aryl methyl sites for hydroxylation is 1. The first kappa shape index (κ1) is 16.2. The van der Waals surface area contributed by atoms with E-state index in [9.17, 15) is 19.5 Å². The standard InChI is InChI=1S/C16H17N3O5/c1-9-8-19(16(23)18-13(9)21)12-7-11(20)15(24-12)17-14(22)10-5-3-2-4-6-10/h2-6,8,11-12,15,20H,7H2,1H3,(H,17,22)(H,18,21,23)/t11-,12-,15-/m0/s1. The molecule has 1 saturated heterocycles. The van der Waals surface area contributed by atoms with Gasteiger partial charge in [0.15, 0.2) is 6.23 Å². The molecule has 0 spiro atoms. The monoisotopic (exact) mass is 331 g/mol. The van der Waals surface area contributed by atoms with Crippen LogP contribution in [0.2, 0.25) is 0 Å². The molecule has 0 aliphatic carbocycles. The van der Waals surface area contributed by atoms with Gasteiger partial charge in [0.2, 0.25) is 0 Å². The Morgan fingerprint density at radius 1 is 1.33 bits per heavy atom. The summed E-state index contributed by atoms with van der Waals surface area (Å²) in [5.41, 5.74) is -0.306. The lowest BCUT2D eigenvalue weighted by atomic mass is 10.2. The average molecular weight is 331 g/mol. The highest BCUT2D eigenvalue weighted by Gasteiger charge is 2.36. The number of carbonyl (C=O) groups excluding carboxylic acids is 1. The molecule has 1 fully saturated rings. The highest BCUT2D eigenvalue weighted by Crippen LogP contribution is 2.26. The second-order valence-corrected chi connectivity index (χ2v) is 5.63. The van der Waals surface area contributed by atoms with Crippen LogP contribution in [0.1, 0.15) is 28.6 Å². The summed E-state index contributed by atoms with van der Waals surface area (Å²) in [6.45, 7) is 1.56. The van der Waals surface area contributed by atoms with Crippen molar-refractivity contribution in [1.29, 1.82) is 0 Å². The van der Waals surface area contributed by atoms with Crippen molar-refractivity contribution in [3.8, 4) is 0 Å². The smallest absolute Gasteiger partial charge is 0.330 e. The van der Waals surface area contributed by atoms with Gasteiger partial charge in [0.25, 0.3) is 11.5 Å². The SMILES string of the molecule is Cc1cn([C@@H]2C[C@H](O)[C@@H](NC(=O)c3ccccc3)O2)c(=O)[nH]c1=O. The molecule has 1 amide bonds. The topological polar surface area (TPSA) is 113 Å². The molecule has 8 heteroatoms. The fourth-order valence-corrected chi connectivity index (χ4v) is 2.56. The van der Waals surface area contributed by atoms with Gasteiger partial charge < -0.3 is 15.2 Å². The number of aliphatic hydroxyl groups is 1. The Kier molecular flexibility index (Phi) is 4.32. The van der Waals surface area contributed by atoms with Crippen LogP contribution in [-0.4, -0.2) is 32.9 Å². The van der Waals surface area contributed by atoms with Crippen LogP contribution < -0.4 is 16.6 Å². The zero-order valence-corrected chi connectivity index (χ0v) is 12.9. The van der Waals surface area contributed by atoms with E-state index in [0.717, 1.165) is 0 Å². The summed E-state index contributed by atoms with van der Waals surface area (Å²) in [5.74, 6) is -0.384. The van der Waals surface area contributed by atoms with Gasteiger partial charge in [0.05, 0.1) is 0 Å². The van der Waals surface area contributed by atoms with E-state index < -0.39 is 29.8 Å². The molecule has 3 atom stereocenters. The number of aromatic amines is 1. The third-order valence-corrected chi connectivity index (χ3v) is 3.86. The normalized spacial score (nSPS) is 23.2. The molecule has 2 heterocycles. The Balaban J connectivity index is 1.76. The summed E-state index contributed by atoms with van der Waals surface area (Å²) < 4.78 is 6.79. The summed E-state index contributed by atoms with van der Waals surface area (Å²) in [6, 6.07) is 8.53. The predicted molar refractivity (Wildman–Crippen MR) is 84.5 cm³/mol. The van der Waals surface area contributed by atoms with Gasteiger partial charge in [-0.25, -0.2) is 4.79 Å². The van der Waals surface area contributed by atoms with Gasteiger partial charge in [-0.3, -0.25) is 19.1 Å². The van der Waals surface area contributed by atoms with Crippen molar-refractivity contribution in [3.63, 3.8) is 0 Å². The minimum absolute atomic E-state index is 0.116. The number of carbonyl (C=O) groups is 1. The highest BCUT2D eigenvalue weighted by molar-refractivity contribution is 5.94. The third kappa shape index (κ3) is 3.15. The van der Waals surface area contributed by atoms with Crippen LogP contribution in [0.5, 0.6) is 0 Å². The van der Waals surface area contributed by atoms with Crippen molar-refractivity contribution >= 4 is 5.91 Å². The second-order valence-electron chi connectivity index (χ2n) is 5.63. The molecular weight excluding hydrogens is 314 g/mol. The zero-order valence-electron chi connectivity index (χ0n) is 12.9. The lowest BCUT2D eigenvalue weighted by Crippen LogP contribution is -2.41. The van der Waals surface area contributed by atoms with E-state index >= 15 is 0 Å². The number of amides is 1. The second kappa shape index (κ2) is 6.42. The first-order chi connectivity index (χ1) is 11.5. The number of hydrogen-bond donors (Lipinski definition) is 3.